The van der Waals surface area contributed by atoms with Gasteiger partial charge in [0.1, 0.15) is 0 Å². The molecule has 0 aromatic carbocycles. The first-order chi connectivity index (χ1) is 13.5. The van der Waals surface area contributed by atoms with E-state index in [9.17, 15) is 14.7 Å². The molecule has 0 radical (unpaired) electrons. The zero-order valence-corrected chi connectivity index (χ0v) is 16.8. The summed E-state index contributed by atoms with van der Waals surface area (Å²) in [5.41, 5.74) is 5.37. The van der Waals surface area contributed by atoms with Gasteiger partial charge in [0.15, 0.2) is 11.2 Å². The van der Waals surface area contributed by atoms with Gasteiger partial charge in [0.05, 0.1) is 6.10 Å². The van der Waals surface area contributed by atoms with Crippen LogP contribution >= 0.6 is 0 Å². The number of aromatic nitrogens is 4. The standard InChI is InChI=1S/C18H33N7O3/c1-13(26)7-3-4-12-25-16(27)14-15(24(2)18(25)28)23-17(22-14)21-11-6-10-20-9-5-8-19/h13,20,26H,3-12,19H2,1-2H3,(H2,21,22,23). The summed E-state index contributed by atoms with van der Waals surface area (Å²) in [5, 5.41) is 15.8. The molecule has 2 heterocycles. The van der Waals surface area contributed by atoms with Crippen molar-refractivity contribution in [2.24, 2.45) is 12.8 Å². The van der Waals surface area contributed by atoms with Crippen LogP contribution in [0.5, 0.6) is 0 Å². The Morgan fingerprint density at radius 3 is 2.64 bits per heavy atom. The molecule has 158 valence electrons. The van der Waals surface area contributed by atoms with Crippen LogP contribution in [0.4, 0.5) is 5.95 Å². The van der Waals surface area contributed by atoms with E-state index < -0.39 is 0 Å². The van der Waals surface area contributed by atoms with Gasteiger partial charge in [-0.3, -0.25) is 13.9 Å². The van der Waals surface area contributed by atoms with E-state index in [2.05, 4.69) is 20.6 Å². The number of imidazole rings is 1. The normalized spacial score (nSPS) is 12.6. The summed E-state index contributed by atoms with van der Waals surface area (Å²) >= 11 is 0. The summed E-state index contributed by atoms with van der Waals surface area (Å²) in [6.45, 7) is 5.19. The molecule has 1 atom stereocenters. The van der Waals surface area contributed by atoms with Crippen LogP contribution in [0, 0.1) is 0 Å². The van der Waals surface area contributed by atoms with Crippen molar-refractivity contribution in [1.82, 2.24) is 24.4 Å². The smallest absolute Gasteiger partial charge is 0.332 e. The number of hydrogen-bond donors (Lipinski definition) is 5. The summed E-state index contributed by atoms with van der Waals surface area (Å²) in [7, 11) is 1.61. The summed E-state index contributed by atoms with van der Waals surface area (Å²) in [4.78, 5) is 32.6. The fraction of sp³-hybridized carbons (Fsp3) is 0.722. The van der Waals surface area contributed by atoms with Gasteiger partial charge in [-0.2, -0.15) is 4.98 Å². The highest BCUT2D eigenvalue weighted by Gasteiger charge is 2.15. The van der Waals surface area contributed by atoms with Crippen molar-refractivity contribution in [1.29, 1.82) is 0 Å². The molecule has 0 aliphatic carbocycles. The van der Waals surface area contributed by atoms with E-state index in [-0.39, 0.29) is 17.4 Å². The molecule has 6 N–H and O–H groups in total. The number of aliphatic hydroxyl groups is 1. The Bertz CT molecular complexity index is 853. The molecule has 0 spiro atoms. The van der Waals surface area contributed by atoms with Crippen LogP contribution in [0.3, 0.4) is 0 Å². The van der Waals surface area contributed by atoms with Crippen LogP contribution in [0.2, 0.25) is 0 Å². The quantitative estimate of drug-likeness (QED) is 0.293. The lowest BCUT2D eigenvalue weighted by molar-refractivity contribution is 0.180. The van der Waals surface area contributed by atoms with Crippen molar-refractivity contribution in [2.75, 3.05) is 31.5 Å². The lowest BCUT2D eigenvalue weighted by atomic mass is 10.2. The second-order valence-corrected chi connectivity index (χ2v) is 7.10. The molecule has 1 unspecified atom stereocenters. The van der Waals surface area contributed by atoms with Crippen molar-refractivity contribution in [3.05, 3.63) is 20.8 Å². The van der Waals surface area contributed by atoms with Crippen LogP contribution in [0.1, 0.15) is 39.0 Å². The number of anilines is 1. The van der Waals surface area contributed by atoms with Gasteiger partial charge >= 0.3 is 5.69 Å². The van der Waals surface area contributed by atoms with Crippen molar-refractivity contribution < 1.29 is 5.11 Å². The molecule has 0 saturated carbocycles. The molecule has 28 heavy (non-hydrogen) atoms. The van der Waals surface area contributed by atoms with Crippen molar-refractivity contribution in [2.45, 2.75) is 51.7 Å². The second-order valence-electron chi connectivity index (χ2n) is 7.10. The summed E-state index contributed by atoms with van der Waals surface area (Å²) in [5.74, 6) is 0.482. The Morgan fingerprint density at radius 2 is 1.93 bits per heavy atom. The molecule has 2 aromatic heterocycles. The first-order valence-corrected chi connectivity index (χ1v) is 9.98. The predicted molar refractivity (Wildman–Crippen MR) is 111 cm³/mol. The van der Waals surface area contributed by atoms with Gasteiger partial charge in [0.2, 0.25) is 5.95 Å². The monoisotopic (exact) mass is 395 g/mol. The maximum atomic E-state index is 12.7. The van der Waals surface area contributed by atoms with Crippen LogP contribution < -0.4 is 27.6 Å². The number of nitrogens with one attached hydrogen (secondary N) is 3. The Balaban J connectivity index is 2.02. The van der Waals surface area contributed by atoms with E-state index in [1.165, 1.54) is 9.13 Å². The molecule has 0 fully saturated rings. The van der Waals surface area contributed by atoms with E-state index in [0.29, 0.717) is 49.6 Å². The fourth-order valence-electron chi connectivity index (χ4n) is 3.01. The molecule has 2 aromatic rings. The number of nitrogens with zero attached hydrogens (tertiary/aromatic N) is 3. The molecule has 0 aliphatic heterocycles. The van der Waals surface area contributed by atoms with Gasteiger partial charge in [0.25, 0.3) is 5.56 Å². The number of unbranched alkanes of at least 4 members (excludes halogenated alkanes) is 1. The largest absolute Gasteiger partial charge is 0.393 e. The van der Waals surface area contributed by atoms with Crippen molar-refractivity contribution >= 4 is 17.1 Å². The Morgan fingerprint density at radius 1 is 1.18 bits per heavy atom. The number of H-pyrrole nitrogens is 1. The minimum Gasteiger partial charge on any atom is -0.393 e. The topological polar surface area (TPSA) is 143 Å². The van der Waals surface area contributed by atoms with Gasteiger partial charge in [0, 0.05) is 20.1 Å². The van der Waals surface area contributed by atoms with Crippen LogP contribution in [-0.4, -0.2) is 56.5 Å². The lowest BCUT2D eigenvalue weighted by Crippen LogP contribution is -2.39. The Hall–Kier alpha value is -2.17. The first-order valence-electron chi connectivity index (χ1n) is 9.98. The van der Waals surface area contributed by atoms with E-state index in [4.69, 9.17) is 5.73 Å². The zero-order chi connectivity index (χ0) is 20.5. The third-order valence-corrected chi connectivity index (χ3v) is 4.61. The van der Waals surface area contributed by atoms with Gasteiger partial charge in [-0.1, -0.05) is 0 Å². The minimum atomic E-state index is -0.378. The van der Waals surface area contributed by atoms with Gasteiger partial charge < -0.3 is 26.5 Å². The van der Waals surface area contributed by atoms with Crippen molar-refractivity contribution in [3.63, 3.8) is 0 Å². The molecular weight excluding hydrogens is 362 g/mol. The highest BCUT2D eigenvalue weighted by atomic mass is 16.3. The Kier molecular flexibility index (Phi) is 8.68. The number of hydrogen-bond acceptors (Lipinski definition) is 7. The van der Waals surface area contributed by atoms with Gasteiger partial charge in [-0.05, 0) is 58.7 Å². The third-order valence-electron chi connectivity index (χ3n) is 4.61. The molecule has 0 amide bonds. The van der Waals surface area contributed by atoms with E-state index in [1.807, 2.05) is 0 Å². The summed E-state index contributed by atoms with van der Waals surface area (Å²) < 4.78 is 2.62. The number of rotatable bonds is 13. The molecule has 0 bridgehead atoms. The van der Waals surface area contributed by atoms with Gasteiger partial charge in [-0.25, -0.2) is 4.79 Å². The van der Waals surface area contributed by atoms with Crippen LogP contribution in [0.15, 0.2) is 9.59 Å². The highest BCUT2D eigenvalue weighted by Crippen LogP contribution is 2.09. The van der Waals surface area contributed by atoms with Crippen LogP contribution in [0.25, 0.3) is 11.2 Å². The third kappa shape index (κ3) is 5.91. The zero-order valence-electron chi connectivity index (χ0n) is 16.8. The molecule has 0 aliphatic rings. The maximum Gasteiger partial charge on any atom is 0.332 e. The first kappa shape index (κ1) is 22.1. The summed E-state index contributed by atoms with van der Waals surface area (Å²) in [6, 6.07) is 0. The molecule has 0 saturated heterocycles. The average Bonchev–Trinajstić information content (AvgIpc) is 3.09. The van der Waals surface area contributed by atoms with E-state index >= 15 is 0 Å². The van der Waals surface area contributed by atoms with E-state index in [1.54, 1.807) is 14.0 Å². The lowest BCUT2D eigenvalue weighted by Gasteiger charge is -2.08. The minimum absolute atomic E-state index is 0.321. The fourth-order valence-corrected chi connectivity index (χ4v) is 3.01. The molecule has 10 nitrogen and oxygen atoms in total. The van der Waals surface area contributed by atoms with Crippen molar-refractivity contribution in [3.8, 4) is 0 Å². The molecular formula is C18H33N7O3. The Labute approximate surface area is 164 Å². The number of aryl methyl sites for hydroxylation is 1. The average molecular weight is 396 g/mol. The van der Waals surface area contributed by atoms with Gasteiger partial charge in [-0.15, -0.1) is 0 Å². The number of aromatic amines is 1. The summed E-state index contributed by atoms with van der Waals surface area (Å²) in [6.07, 6.45) is 3.53. The number of fused-ring (bicyclic) bond motifs is 1. The number of nitrogens with two attached hydrogens (primary N) is 1. The second kappa shape index (κ2) is 11.0. The molecule has 2 rings (SSSR count). The van der Waals surface area contributed by atoms with Crippen LogP contribution in [-0.2, 0) is 13.6 Å². The van der Waals surface area contributed by atoms with E-state index in [0.717, 1.165) is 32.4 Å². The SMILES string of the molecule is CC(O)CCCCn1c(=O)c2[nH]c(NCCCNCCCN)nc2n(C)c1=O. The molecule has 10 heteroatoms. The number of aliphatic hydroxyl groups excluding tert-OH is 1. The highest BCUT2D eigenvalue weighted by molar-refractivity contribution is 5.72. The maximum absolute atomic E-state index is 12.7. The predicted octanol–water partition coefficient (Wildman–Crippen LogP) is -0.285.